The molecule has 0 bridgehead atoms. The lowest BCUT2D eigenvalue weighted by atomic mass is 10.2. The van der Waals surface area contributed by atoms with Gasteiger partial charge in [-0.3, -0.25) is 4.98 Å². The number of nitrogens with two attached hydrogens (primary N) is 1. The van der Waals surface area contributed by atoms with Gasteiger partial charge in [-0.25, -0.2) is 9.97 Å². The maximum Gasteiger partial charge on any atom is 0.137 e. The predicted octanol–water partition coefficient (Wildman–Crippen LogP) is 2.02. The van der Waals surface area contributed by atoms with Crippen LogP contribution < -0.4 is 10.6 Å². The summed E-state index contributed by atoms with van der Waals surface area (Å²) in [6.45, 7) is 6.46. The number of aryl methyl sites for hydroxylation is 2. The second-order valence-corrected chi connectivity index (χ2v) is 4.73. The molecule has 2 aromatic heterocycles. The highest BCUT2D eigenvalue weighted by atomic mass is 15.2. The Labute approximate surface area is 113 Å². The van der Waals surface area contributed by atoms with E-state index in [0.717, 1.165) is 22.8 Å². The van der Waals surface area contributed by atoms with Gasteiger partial charge in [0.1, 0.15) is 17.5 Å². The lowest BCUT2D eigenvalue weighted by Gasteiger charge is -2.20. The number of rotatable bonds is 3. The average Bonchev–Trinajstić information content (AvgIpc) is 2.33. The maximum atomic E-state index is 5.88. The quantitative estimate of drug-likeness (QED) is 0.911. The first-order chi connectivity index (χ1) is 8.97. The topological polar surface area (TPSA) is 67.9 Å². The second-order valence-electron chi connectivity index (χ2n) is 4.73. The highest BCUT2D eigenvalue weighted by Gasteiger charge is 2.12. The first-order valence-electron chi connectivity index (χ1n) is 6.21. The number of nitrogens with zero attached hydrogens (tertiary/aromatic N) is 4. The fourth-order valence-corrected chi connectivity index (χ4v) is 2.01. The molecule has 0 fully saturated rings. The third-order valence-electron chi connectivity index (χ3n) is 2.98. The van der Waals surface area contributed by atoms with Crippen LogP contribution in [-0.2, 0) is 6.54 Å². The van der Waals surface area contributed by atoms with Gasteiger partial charge in [0.15, 0.2) is 0 Å². The van der Waals surface area contributed by atoms with Crippen LogP contribution in [-0.4, -0.2) is 22.0 Å². The molecule has 0 aromatic carbocycles. The molecule has 5 heteroatoms. The molecule has 2 aromatic rings. The molecule has 0 amide bonds. The number of aromatic nitrogens is 3. The Morgan fingerprint density at radius 1 is 1.11 bits per heavy atom. The molecular weight excluding hydrogens is 238 g/mol. The van der Waals surface area contributed by atoms with Gasteiger partial charge in [0.25, 0.3) is 0 Å². The summed E-state index contributed by atoms with van der Waals surface area (Å²) < 4.78 is 0. The van der Waals surface area contributed by atoms with Gasteiger partial charge in [0.2, 0.25) is 0 Å². The van der Waals surface area contributed by atoms with E-state index in [4.69, 9.17) is 5.73 Å². The zero-order chi connectivity index (χ0) is 14.0. The van der Waals surface area contributed by atoms with Crippen molar-refractivity contribution in [2.75, 3.05) is 17.7 Å². The minimum Gasteiger partial charge on any atom is -0.383 e. The van der Waals surface area contributed by atoms with Crippen molar-refractivity contribution >= 4 is 11.6 Å². The number of hydrogen-bond acceptors (Lipinski definition) is 5. The Morgan fingerprint density at radius 3 is 2.53 bits per heavy atom. The summed E-state index contributed by atoms with van der Waals surface area (Å²) in [5, 5.41) is 0. The first kappa shape index (κ1) is 13.3. The van der Waals surface area contributed by atoms with Gasteiger partial charge in [-0.2, -0.15) is 0 Å². The van der Waals surface area contributed by atoms with E-state index in [9.17, 15) is 0 Å². The highest BCUT2D eigenvalue weighted by molar-refractivity contribution is 5.56. The van der Waals surface area contributed by atoms with Gasteiger partial charge in [0.05, 0.1) is 12.2 Å². The smallest absolute Gasteiger partial charge is 0.137 e. The lowest BCUT2D eigenvalue weighted by molar-refractivity contribution is 0.842. The van der Waals surface area contributed by atoms with Crippen molar-refractivity contribution in [2.45, 2.75) is 27.3 Å². The molecule has 2 heterocycles. The fourth-order valence-electron chi connectivity index (χ4n) is 2.01. The Bertz CT molecular complexity index is 594. The molecule has 0 saturated carbocycles. The average molecular weight is 257 g/mol. The Hall–Kier alpha value is -2.17. The van der Waals surface area contributed by atoms with Crippen molar-refractivity contribution in [3.63, 3.8) is 0 Å². The van der Waals surface area contributed by atoms with E-state index in [1.807, 2.05) is 50.9 Å². The van der Waals surface area contributed by atoms with E-state index in [1.54, 1.807) is 0 Å². The van der Waals surface area contributed by atoms with E-state index in [0.29, 0.717) is 18.2 Å². The van der Waals surface area contributed by atoms with Gasteiger partial charge in [-0.15, -0.1) is 0 Å². The standard InChI is InChI=1S/C14H19N5/c1-9-6-5-7-12(16-9)8-19(4)14-10(2)13(15)17-11(3)18-14/h5-7H,8H2,1-4H3,(H2,15,17,18). The van der Waals surface area contributed by atoms with Crippen LogP contribution in [0.25, 0.3) is 0 Å². The molecule has 0 aliphatic carbocycles. The van der Waals surface area contributed by atoms with Crippen molar-refractivity contribution in [1.82, 2.24) is 15.0 Å². The zero-order valence-corrected chi connectivity index (χ0v) is 11.8. The van der Waals surface area contributed by atoms with Gasteiger partial charge in [0, 0.05) is 18.3 Å². The van der Waals surface area contributed by atoms with Gasteiger partial charge in [-0.1, -0.05) is 6.07 Å². The van der Waals surface area contributed by atoms with Crippen LogP contribution in [0.15, 0.2) is 18.2 Å². The summed E-state index contributed by atoms with van der Waals surface area (Å²) in [6, 6.07) is 6.01. The fraction of sp³-hybridized carbons (Fsp3) is 0.357. The van der Waals surface area contributed by atoms with E-state index in [-0.39, 0.29) is 0 Å². The summed E-state index contributed by atoms with van der Waals surface area (Å²) in [4.78, 5) is 15.2. The molecule has 0 atom stereocenters. The van der Waals surface area contributed by atoms with E-state index >= 15 is 0 Å². The van der Waals surface area contributed by atoms with Crippen molar-refractivity contribution in [3.8, 4) is 0 Å². The molecule has 19 heavy (non-hydrogen) atoms. The van der Waals surface area contributed by atoms with Gasteiger partial charge < -0.3 is 10.6 Å². The molecule has 0 aliphatic rings. The first-order valence-corrected chi connectivity index (χ1v) is 6.21. The largest absolute Gasteiger partial charge is 0.383 e. The van der Waals surface area contributed by atoms with Crippen molar-refractivity contribution in [2.24, 2.45) is 0 Å². The minimum absolute atomic E-state index is 0.534. The Morgan fingerprint density at radius 2 is 1.84 bits per heavy atom. The maximum absolute atomic E-state index is 5.88. The molecule has 0 aliphatic heterocycles. The highest BCUT2D eigenvalue weighted by Crippen LogP contribution is 2.21. The monoisotopic (exact) mass is 257 g/mol. The van der Waals surface area contributed by atoms with Crippen LogP contribution in [0.2, 0.25) is 0 Å². The molecular formula is C14H19N5. The molecule has 0 radical (unpaired) electrons. The van der Waals surface area contributed by atoms with Crippen molar-refractivity contribution in [3.05, 3.63) is 41.0 Å². The van der Waals surface area contributed by atoms with Crippen LogP contribution >= 0.6 is 0 Å². The molecule has 0 unspecified atom stereocenters. The van der Waals surface area contributed by atoms with Gasteiger partial charge >= 0.3 is 0 Å². The summed E-state index contributed by atoms with van der Waals surface area (Å²) in [7, 11) is 1.98. The third kappa shape index (κ3) is 2.99. The number of hydrogen-bond donors (Lipinski definition) is 1. The summed E-state index contributed by atoms with van der Waals surface area (Å²) in [5.74, 6) is 2.07. The molecule has 2 N–H and O–H groups in total. The minimum atomic E-state index is 0.534. The normalized spacial score (nSPS) is 10.5. The van der Waals surface area contributed by atoms with Crippen molar-refractivity contribution in [1.29, 1.82) is 0 Å². The van der Waals surface area contributed by atoms with Crippen LogP contribution in [0.4, 0.5) is 11.6 Å². The SMILES string of the molecule is Cc1cccc(CN(C)c2nc(C)nc(N)c2C)n1. The van der Waals surface area contributed by atoms with Crippen LogP contribution in [0.5, 0.6) is 0 Å². The number of anilines is 2. The molecule has 100 valence electrons. The number of nitrogen functional groups attached to an aromatic ring is 1. The molecule has 5 nitrogen and oxygen atoms in total. The van der Waals surface area contributed by atoms with E-state index < -0.39 is 0 Å². The molecule has 0 saturated heterocycles. The third-order valence-corrected chi connectivity index (χ3v) is 2.98. The molecule has 0 spiro atoms. The lowest BCUT2D eigenvalue weighted by Crippen LogP contribution is -2.21. The Kier molecular flexibility index (Phi) is 3.64. The summed E-state index contributed by atoms with van der Waals surface area (Å²) in [5.41, 5.74) is 8.81. The molecule has 2 rings (SSSR count). The van der Waals surface area contributed by atoms with Crippen LogP contribution in [0.3, 0.4) is 0 Å². The van der Waals surface area contributed by atoms with Crippen LogP contribution in [0.1, 0.15) is 22.8 Å². The predicted molar refractivity (Wildman–Crippen MR) is 77.0 cm³/mol. The second kappa shape index (κ2) is 5.22. The summed E-state index contributed by atoms with van der Waals surface area (Å²) in [6.07, 6.45) is 0. The van der Waals surface area contributed by atoms with Crippen LogP contribution in [0, 0.1) is 20.8 Å². The number of pyridine rings is 1. The van der Waals surface area contributed by atoms with E-state index in [2.05, 4.69) is 15.0 Å². The van der Waals surface area contributed by atoms with Crippen molar-refractivity contribution < 1.29 is 0 Å². The summed E-state index contributed by atoms with van der Waals surface area (Å²) >= 11 is 0. The van der Waals surface area contributed by atoms with Gasteiger partial charge in [-0.05, 0) is 32.9 Å². The van der Waals surface area contributed by atoms with E-state index in [1.165, 1.54) is 0 Å². The zero-order valence-electron chi connectivity index (χ0n) is 11.8. The Balaban J connectivity index is 2.27.